The topological polar surface area (TPSA) is 32.3 Å². The summed E-state index contributed by atoms with van der Waals surface area (Å²) in [6, 6.07) is 3.60. The molecule has 2 nitrogen and oxygen atoms in total. The van der Waals surface area contributed by atoms with Gasteiger partial charge in [0, 0.05) is 25.1 Å². The molecule has 2 N–H and O–H groups in total. The number of aliphatic hydroxyl groups is 1. The van der Waals surface area contributed by atoms with E-state index in [1.807, 2.05) is 0 Å². The van der Waals surface area contributed by atoms with Gasteiger partial charge >= 0.3 is 0 Å². The molecule has 1 aromatic rings. The number of benzene rings is 1. The van der Waals surface area contributed by atoms with E-state index in [2.05, 4.69) is 5.32 Å². The molecule has 0 spiro atoms. The molecule has 2 rings (SSSR count). The van der Waals surface area contributed by atoms with Crippen molar-refractivity contribution in [3.05, 3.63) is 35.4 Å². The second-order valence-corrected chi connectivity index (χ2v) is 4.24. The summed E-state index contributed by atoms with van der Waals surface area (Å²) in [7, 11) is 0. The summed E-state index contributed by atoms with van der Waals surface area (Å²) >= 11 is 0. The summed E-state index contributed by atoms with van der Waals surface area (Å²) in [6.07, 6.45) is 0.800. The van der Waals surface area contributed by atoms with Crippen molar-refractivity contribution in [2.45, 2.75) is 12.3 Å². The molecule has 0 saturated carbocycles. The number of rotatable bonds is 2. The molecule has 1 fully saturated rings. The second-order valence-electron chi connectivity index (χ2n) is 4.24. The van der Waals surface area contributed by atoms with Crippen LogP contribution in [0, 0.1) is 17.6 Å². The molecule has 1 saturated heterocycles. The lowest BCUT2D eigenvalue weighted by molar-refractivity contribution is 0.179. The molecule has 0 bridgehead atoms. The Bertz CT molecular complexity index is 350. The third kappa shape index (κ3) is 2.39. The van der Waals surface area contributed by atoms with Crippen LogP contribution in [0.5, 0.6) is 0 Å². The zero-order valence-corrected chi connectivity index (χ0v) is 8.92. The normalized spacial score (nSPS) is 25.7. The van der Waals surface area contributed by atoms with Crippen LogP contribution in [-0.4, -0.2) is 24.8 Å². The van der Waals surface area contributed by atoms with Crippen LogP contribution in [0.2, 0.25) is 0 Å². The molecular weight excluding hydrogens is 212 g/mol. The van der Waals surface area contributed by atoms with Crippen molar-refractivity contribution < 1.29 is 13.9 Å². The Hall–Kier alpha value is -1.00. The molecule has 0 aromatic heterocycles. The average Bonchev–Trinajstić information content (AvgIpc) is 2.27. The summed E-state index contributed by atoms with van der Waals surface area (Å²) < 4.78 is 26.2. The van der Waals surface area contributed by atoms with Gasteiger partial charge in [-0.2, -0.15) is 0 Å². The maximum Gasteiger partial charge on any atom is 0.126 e. The van der Waals surface area contributed by atoms with E-state index in [0.29, 0.717) is 12.1 Å². The molecule has 1 aliphatic rings. The van der Waals surface area contributed by atoms with Gasteiger partial charge in [-0.15, -0.1) is 0 Å². The van der Waals surface area contributed by atoms with Crippen LogP contribution in [0.25, 0.3) is 0 Å². The Labute approximate surface area is 93.3 Å². The lowest BCUT2D eigenvalue weighted by Gasteiger charge is -2.31. The zero-order valence-electron chi connectivity index (χ0n) is 8.92. The maximum absolute atomic E-state index is 13.1. The summed E-state index contributed by atoms with van der Waals surface area (Å²) in [4.78, 5) is 0. The summed E-state index contributed by atoms with van der Waals surface area (Å²) in [5, 5.41) is 12.4. The zero-order chi connectivity index (χ0) is 11.5. The largest absolute Gasteiger partial charge is 0.396 e. The predicted octanol–water partition coefficient (Wildman–Crippen LogP) is 1.65. The van der Waals surface area contributed by atoms with Crippen molar-refractivity contribution in [1.29, 1.82) is 0 Å². The summed E-state index contributed by atoms with van der Waals surface area (Å²) in [5.41, 5.74) is 0.651. The molecule has 88 valence electrons. The summed E-state index contributed by atoms with van der Waals surface area (Å²) in [5.74, 6) is -1.03. The van der Waals surface area contributed by atoms with Crippen LogP contribution in [0.1, 0.15) is 17.9 Å². The van der Waals surface area contributed by atoms with Crippen molar-refractivity contribution in [1.82, 2.24) is 5.32 Å². The fraction of sp³-hybridized carbons (Fsp3) is 0.500. The smallest absolute Gasteiger partial charge is 0.126 e. The predicted molar refractivity (Wildman–Crippen MR) is 57.2 cm³/mol. The average molecular weight is 227 g/mol. The molecule has 2 unspecified atom stereocenters. The Kier molecular flexibility index (Phi) is 3.51. The lowest BCUT2D eigenvalue weighted by Crippen LogP contribution is -2.37. The third-order valence-electron chi connectivity index (χ3n) is 3.16. The molecule has 16 heavy (non-hydrogen) atoms. The standard InChI is InChI=1S/C12H15F2NO/c13-10-3-8(4-11(14)5-10)12-1-2-15-6-9(12)7-16/h3-5,9,12,15-16H,1-2,6-7H2. The Morgan fingerprint density at radius 2 is 1.94 bits per heavy atom. The molecule has 4 heteroatoms. The van der Waals surface area contributed by atoms with Gasteiger partial charge in [-0.25, -0.2) is 8.78 Å². The van der Waals surface area contributed by atoms with Crippen molar-refractivity contribution >= 4 is 0 Å². The highest BCUT2D eigenvalue weighted by molar-refractivity contribution is 5.23. The number of hydrogen-bond donors (Lipinski definition) is 2. The quantitative estimate of drug-likeness (QED) is 0.805. The van der Waals surface area contributed by atoms with Crippen molar-refractivity contribution in [3.63, 3.8) is 0 Å². The van der Waals surface area contributed by atoms with Gasteiger partial charge in [-0.05, 0) is 36.6 Å². The third-order valence-corrected chi connectivity index (χ3v) is 3.16. The van der Waals surface area contributed by atoms with E-state index >= 15 is 0 Å². The van der Waals surface area contributed by atoms with Gasteiger partial charge in [0.15, 0.2) is 0 Å². The number of aliphatic hydroxyl groups excluding tert-OH is 1. The highest BCUT2D eigenvalue weighted by Gasteiger charge is 2.26. The van der Waals surface area contributed by atoms with E-state index in [9.17, 15) is 13.9 Å². The van der Waals surface area contributed by atoms with Crippen LogP contribution in [-0.2, 0) is 0 Å². The lowest BCUT2D eigenvalue weighted by atomic mass is 9.81. The minimum absolute atomic E-state index is 0.0370. The van der Waals surface area contributed by atoms with Crippen LogP contribution in [0.3, 0.4) is 0 Å². The summed E-state index contributed by atoms with van der Waals surface area (Å²) in [6.45, 7) is 1.55. The number of halogens is 2. The molecule has 1 heterocycles. The van der Waals surface area contributed by atoms with E-state index < -0.39 is 11.6 Å². The minimum atomic E-state index is -0.551. The SMILES string of the molecule is OCC1CNCCC1c1cc(F)cc(F)c1. The van der Waals surface area contributed by atoms with Gasteiger partial charge in [0.25, 0.3) is 0 Å². The van der Waals surface area contributed by atoms with Gasteiger partial charge < -0.3 is 10.4 Å². The van der Waals surface area contributed by atoms with Crippen LogP contribution >= 0.6 is 0 Å². The van der Waals surface area contributed by atoms with Gasteiger partial charge in [-0.1, -0.05) is 0 Å². The Morgan fingerprint density at radius 3 is 2.56 bits per heavy atom. The Balaban J connectivity index is 2.26. The van der Waals surface area contributed by atoms with Crippen molar-refractivity contribution in [3.8, 4) is 0 Å². The number of piperidine rings is 1. The molecule has 0 amide bonds. The van der Waals surface area contributed by atoms with E-state index in [1.54, 1.807) is 0 Å². The Morgan fingerprint density at radius 1 is 1.25 bits per heavy atom. The van der Waals surface area contributed by atoms with E-state index in [0.717, 1.165) is 19.0 Å². The van der Waals surface area contributed by atoms with Crippen molar-refractivity contribution in [2.75, 3.05) is 19.7 Å². The number of hydrogen-bond acceptors (Lipinski definition) is 2. The first-order valence-corrected chi connectivity index (χ1v) is 5.48. The van der Waals surface area contributed by atoms with E-state index in [1.165, 1.54) is 12.1 Å². The first-order chi connectivity index (χ1) is 7.70. The maximum atomic E-state index is 13.1. The molecule has 1 aliphatic heterocycles. The van der Waals surface area contributed by atoms with Gasteiger partial charge in [0.1, 0.15) is 11.6 Å². The fourth-order valence-corrected chi connectivity index (χ4v) is 2.34. The minimum Gasteiger partial charge on any atom is -0.396 e. The molecule has 0 radical (unpaired) electrons. The van der Waals surface area contributed by atoms with Crippen LogP contribution < -0.4 is 5.32 Å². The molecular formula is C12H15F2NO. The first-order valence-electron chi connectivity index (χ1n) is 5.48. The van der Waals surface area contributed by atoms with E-state index in [-0.39, 0.29) is 18.4 Å². The second kappa shape index (κ2) is 4.89. The fourth-order valence-electron chi connectivity index (χ4n) is 2.34. The highest BCUT2D eigenvalue weighted by atomic mass is 19.1. The van der Waals surface area contributed by atoms with Crippen molar-refractivity contribution in [2.24, 2.45) is 5.92 Å². The molecule has 2 atom stereocenters. The van der Waals surface area contributed by atoms with Gasteiger partial charge in [-0.3, -0.25) is 0 Å². The van der Waals surface area contributed by atoms with Crippen LogP contribution in [0.15, 0.2) is 18.2 Å². The molecule has 1 aromatic carbocycles. The van der Waals surface area contributed by atoms with Gasteiger partial charge in [0.05, 0.1) is 0 Å². The highest BCUT2D eigenvalue weighted by Crippen LogP contribution is 2.30. The first kappa shape index (κ1) is 11.5. The van der Waals surface area contributed by atoms with Gasteiger partial charge in [0.2, 0.25) is 0 Å². The van der Waals surface area contributed by atoms with Crippen LogP contribution in [0.4, 0.5) is 8.78 Å². The monoisotopic (exact) mass is 227 g/mol. The number of nitrogens with one attached hydrogen (secondary N) is 1. The molecule has 0 aliphatic carbocycles. The van der Waals surface area contributed by atoms with E-state index in [4.69, 9.17) is 0 Å².